The summed E-state index contributed by atoms with van der Waals surface area (Å²) in [4.78, 5) is 14.6. The first-order valence-corrected chi connectivity index (χ1v) is 8.71. The monoisotopic (exact) mass is 280 g/mol. The second-order valence-electron chi connectivity index (χ2n) is 6.86. The van der Waals surface area contributed by atoms with E-state index in [1.165, 1.54) is 58.0 Å². The summed E-state index contributed by atoms with van der Waals surface area (Å²) in [5.74, 6) is 1.68. The van der Waals surface area contributed by atoms with Crippen molar-refractivity contribution >= 4 is 5.91 Å². The molecule has 1 heterocycles. The van der Waals surface area contributed by atoms with Crippen molar-refractivity contribution in [3.05, 3.63) is 0 Å². The number of carbonyl (C=O) groups is 1. The zero-order chi connectivity index (χ0) is 14.4. The first kappa shape index (κ1) is 15.8. The van der Waals surface area contributed by atoms with Gasteiger partial charge in [0.05, 0.1) is 0 Å². The third kappa shape index (κ3) is 5.08. The summed E-state index contributed by atoms with van der Waals surface area (Å²) in [7, 11) is 0. The number of rotatable bonds is 8. The van der Waals surface area contributed by atoms with Crippen LogP contribution in [0.3, 0.4) is 0 Å². The molecule has 1 saturated heterocycles. The maximum atomic E-state index is 12.0. The number of likely N-dealkylation sites (tertiary alicyclic amines) is 1. The molecule has 2 unspecified atom stereocenters. The maximum Gasteiger partial charge on any atom is 0.220 e. The second kappa shape index (κ2) is 8.02. The topological polar surface area (TPSA) is 32.3 Å². The fourth-order valence-electron chi connectivity index (χ4n) is 3.37. The van der Waals surface area contributed by atoms with Gasteiger partial charge in [0.25, 0.3) is 0 Å². The smallest absolute Gasteiger partial charge is 0.220 e. The molecule has 0 radical (unpaired) electrons. The number of amides is 1. The van der Waals surface area contributed by atoms with E-state index in [0.717, 1.165) is 18.9 Å². The van der Waals surface area contributed by atoms with Gasteiger partial charge in [-0.2, -0.15) is 0 Å². The lowest BCUT2D eigenvalue weighted by Gasteiger charge is -2.35. The Labute approximate surface area is 124 Å². The van der Waals surface area contributed by atoms with Crippen LogP contribution in [-0.4, -0.2) is 36.5 Å². The van der Waals surface area contributed by atoms with Crippen LogP contribution in [-0.2, 0) is 4.79 Å². The third-order valence-corrected chi connectivity index (χ3v) is 5.02. The second-order valence-corrected chi connectivity index (χ2v) is 6.86. The Morgan fingerprint density at radius 2 is 2.10 bits per heavy atom. The van der Waals surface area contributed by atoms with Gasteiger partial charge < -0.3 is 5.32 Å². The quantitative estimate of drug-likeness (QED) is 0.740. The molecular formula is C17H32N2O. The minimum absolute atomic E-state index is 0.269. The minimum atomic E-state index is 0.269. The van der Waals surface area contributed by atoms with Crippen LogP contribution in [0.15, 0.2) is 0 Å². The van der Waals surface area contributed by atoms with Crippen molar-refractivity contribution < 1.29 is 4.79 Å². The molecule has 0 spiro atoms. The van der Waals surface area contributed by atoms with Crippen LogP contribution in [0, 0.1) is 11.8 Å². The fourth-order valence-corrected chi connectivity index (χ4v) is 3.37. The molecule has 1 N–H and O–H groups in total. The van der Waals surface area contributed by atoms with Crippen molar-refractivity contribution in [2.24, 2.45) is 11.8 Å². The molecule has 3 heteroatoms. The van der Waals surface area contributed by atoms with Crippen LogP contribution < -0.4 is 5.32 Å². The summed E-state index contributed by atoms with van der Waals surface area (Å²) in [6.45, 7) is 7.76. The lowest BCUT2D eigenvalue weighted by Crippen LogP contribution is -2.47. The molecule has 20 heavy (non-hydrogen) atoms. The van der Waals surface area contributed by atoms with Crippen LogP contribution in [0.1, 0.15) is 65.2 Å². The standard InChI is InChI=1S/C17H32N2O/c1-3-4-10-19-11-6-5-7-16(19)13-18-17(20)12-14(2)15-8-9-15/h14-16H,3-13H2,1-2H3,(H,18,20). The molecule has 3 nitrogen and oxygen atoms in total. The van der Waals surface area contributed by atoms with Gasteiger partial charge in [0.1, 0.15) is 0 Å². The molecule has 1 aliphatic heterocycles. The van der Waals surface area contributed by atoms with Gasteiger partial charge in [0, 0.05) is 19.0 Å². The van der Waals surface area contributed by atoms with Gasteiger partial charge in [-0.05, 0) is 57.0 Å². The number of carbonyl (C=O) groups excluding carboxylic acids is 1. The van der Waals surface area contributed by atoms with Crippen LogP contribution >= 0.6 is 0 Å². The zero-order valence-electron chi connectivity index (χ0n) is 13.4. The molecule has 2 fully saturated rings. The summed E-state index contributed by atoms with van der Waals surface area (Å²) in [5.41, 5.74) is 0. The molecular weight excluding hydrogens is 248 g/mol. The third-order valence-electron chi connectivity index (χ3n) is 5.02. The Morgan fingerprint density at radius 1 is 1.30 bits per heavy atom. The number of piperidine rings is 1. The van der Waals surface area contributed by atoms with Gasteiger partial charge in [-0.3, -0.25) is 9.69 Å². The highest BCUT2D eigenvalue weighted by atomic mass is 16.1. The van der Waals surface area contributed by atoms with Gasteiger partial charge in [-0.15, -0.1) is 0 Å². The molecule has 0 aromatic rings. The van der Waals surface area contributed by atoms with Crippen molar-refractivity contribution in [2.75, 3.05) is 19.6 Å². The summed E-state index contributed by atoms with van der Waals surface area (Å²) in [5, 5.41) is 3.19. The number of unbranched alkanes of at least 4 members (excludes halogenated alkanes) is 1. The molecule has 1 amide bonds. The first-order valence-electron chi connectivity index (χ1n) is 8.71. The average Bonchev–Trinajstić information content (AvgIpc) is 3.28. The van der Waals surface area contributed by atoms with E-state index >= 15 is 0 Å². The average molecular weight is 280 g/mol. The molecule has 0 bridgehead atoms. The van der Waals surface area contributed by atoms with Gasteiger partial charge in [0.15, 0.2) is 0 Å². The van der Waals surface area contributed by atoms with Gasteiger partial charge >= 0.3 is 0 Å². The number of hydrogen-bond donors (Lipinski definition) is 1. The van der Waals surface area contributed by atoms with Gasteiger partial charge in [-0.25, -0.2) is 0 Å². The molecule has 2 rings (SSSR count). The summed E-state index contributed by atoms with van der Waals surface area (Å²) in [6.07, 6.45) is 9.84. The zero-order valence-corrected chi connectivity index (χ0v) is 13.4. The Balaban J connectivity index is 1.68. The van der Waals surface area contributed by atoms with Gasteiger partial charge in [-0.1, -0.05) is 26.7 Å². The minimum Gasteiger partial charge on any atom is -0.355 e. The largest absolute Gasteiger partial charge is 0.355 e. The van der Waals surface area contributed by atoms with Crippen molar-refractivity contribution in [1.29, 1.82) is 0 Å². The van der Waals surface area contributed by atoms with E-state index in [9.17, 15) is 4.79 Å². The predicted molar refractivity (Wildman–Crippen MR) is 83.6 cm³/mol. The van der Waals surface area contributed by atoms with E-state index in [-0.39, 0.29) is 5.91 Å². The van der Waals surface area contributed by atoms with Crippen molar-refractivity contribution in [3.8, 4) is 0 Å². The molecule has 116 valence electrons. The highest BCUT2D eigenvalue weighted by molar-refractivity contribution is 5.76. The SMILES string of the molecule is CCCCN1CCCCC1CNC(=O)CC(C)C1CC1. The first-order chi connectivity index (χ1) is 9.70. The van der Waals surface area contributed by atoms with Crippen LogP contribution in [0.5, 0.6) is 0 Å². The van der Waals surface area contributed by atoms with E-state index in [1.54, 1.807) is 0 Å². The molecule has 1 saturated carbocycles. The van der Waals surface area contributed by atoms with Crippen molar-refractivity contribution in [2.45, 2.75) is 71.3 Å². The van der Waals surface area contributed by atoms with E-state index in [1.807, 2.05) is 0 Å². The van der Waals surface area contributed by atoms with E-state index in [4.69, 9.17) is 0 Å². The maximum absolute atomic E-state index is 12.0. The van der Waals surface area contributed by atoms with Crippen molar-refractivity contribution in [1.82, 2.24) is 10.2 Å². The Morgan fingerprint density at radius 3 is 2.80 bits per heavy atom. The summed E-state index contributed by atoms with van der Waals surface area (Å²) in [6, 6.07) is 0.579. The van der Waals surface area contributed by atoms with E-state index in [2.05, 4.69) is 24.1 Å². The molecule has 0 aromatic heterocycles. The van der Waals surface area contributed by atoms with Crippen LogP contribution in [0.4, 0.5) is 0 Å². The highest BCUT2D eigenvalue weighted by Crippen LogP contribution is 2.38. The van der Waals surface area contributed by atoms with Crippen LogP contribution in [0.25, 0.3) is 0 Å². The fraction of sp³-hybridized carbons (Fsp3) is 0.941. The predicted octanol–water partition coefficient (Wildman–Crippen LogP) is 3.19. The number of nitrogens with zero attached hydrogens (tertiary/aromatic N) is 1. The van der Waals surface area contributed by atoms with Crippen LogP contribution in [0.2, 0.25) is 0 Å². The van der Waals surface area contributed by atoms with E-state index in [0.29, 0.717) is 12.0 Å². The Bertz CT molecular complexity index is 301. The number of nitrogens with one attached hydrogen (secondary N) is 1. The summed E-state index contributed by atoms with van der Waals surface area (Å²) < 4.78 is 0. The molecule has 1 aliphatic carbocycles. The summed E-state index contributed by atoms with van der Waals surface area (Å²) >= 11 is 0. The highest BCUT2D eigenvalue weighted by Gasteiger charge is 2.29. The molecule has 2 atom stereocenters. The lowest BCUT2D eigenvalue weighted by molar-refractivity contribution is -0.122. The Kier molecular flexibility index (Phi) is 6.34. The molecule has 2 aliphatic rings. The number of hydrogen-bond acceptors (Lipinski definition) is 2. The lowest BCUT2D eigenvalue weighted by atomic mass is 10.00. The normalized spacial score (nSPS) is 25.4. The van der Waals surface area contributed by atoms with E-state index < -0.39 is 0 Å². The van der Waals surface area contributed by atoms with Crippen molar-refractivity contribution in [3.63, 3.8) is 0 Å². The Hall–Kier alpha value is -0.570. The molecule has 0 aromatic carbocycles. The van der Waals surface area contributed by atoms with Gasteiger partial charge in [0.2, 0.25) is 5.91 Å².